The molecule has 1 atom stereocenters. The van der Waals surface area contributed by atoms with Crippen molar-refractivity contribution in [3.05, 3.63) is 30.0 Å². The highest BCUT2D eigenvalue weighted by Crippen LogP contribution is 2.24. The molecule has 0 saturated carbocycles. The number of ether oxygens (including phenoxy) is 1. The number of aromatic nitrogens is 1. The summed E-state index contributed by atoms with van der Waals surface area (Å²) in [6.07, 6.45) is 1.15. The topological polar surface area (TPSA) is 37.0 Å². The van der Waals surface area contributed by atoms with E-state index in [0.29, 0.717) is 6.04 Å². The van der Waals surface area contributed by atoms with Crippen LogP contribution in [0.1, 0.15) is 32.0 Å². The molecule has 2 N–H and O–H groups in total. The van der Waals surface area contributed by atoms with Crippen molar-refractivity contribution in [1.29, 1.82) is 0 Å². The van der Waals surface area contributed by atoms with E-state index in [1.165, 1.54) is 11.1 Å². The van der Waals surface area contributed by atoms with E-state index in [4.69, 9.17) is 4.74 Å². The SMILES string of the molecule is CCCNC(C)c1cc2cc(OC)ccc2[nH]1. The van der Waals surface area contributed by atoms with Crippen LogP contribution in [0.15, 0.2) is 24.3 Å². The van der Waals surface area contributed by atoms with Crippen molar-refractivity contribution >= 4 is 10.9 Å². The fraction of sp³-hybridized carbons (Fsp3) is 0.429. The molecular weight excluding hydrogens is 212 g/mol. The number of aromatic amines is 1. The number of rotatable bonds is 5. The van der Waals surface area contributed by atoms with E-state index < -0.39 is 0 Å². The lowest BCUT2D eigenvalue weighted by Crippen LogP contribution is -2.19. The van der Waals surface area contributed by atoms with Crippen molar-refractivity contribution in [3.8, 4) is 5.75 Å². The van der Waals surface area contributed by atoms with Gasteiger partial charge < -0.3 is 15.0 Å². The third-order valence-electron chi connectivity index (χ3n) is 3.02. The van der Waals surface area contributed by atoms with Crippen LogP contribution in [0, 0.1) is 0 Å². The van der Waals surface area contributed by atoms with Gasteiger partial charge in [-0.3, -0.25) is 0 Å². The number of hydrogen-bond acceptors (Lipinski definition) is 2. The van der Waals surface area contributed by atoms with Gasteiger partial charge >= 0.3 is 0 Å². The Labute approximate surface area is 102 Å². The van der Waals surface area contributed by atoms with Crippen LogP contribution in [0.4, 0.5) is 0 Å². The summed E-state index contributed by atoms with van der Waals surface area (Å²) in [5, 5.41) is 4.67. The van der Waals surface area contributed by atoms with Crippen LogP contribution in [0.2, 0.25) is 0 Å². The Morgan fingerprint density at radius 2 is 2.18 bits per heavy atom. The van der Waals surface area contributed by atoms with Gasteiger partial charge in [-0.1, -0.05) is 6.92 Å². The molecule has 2 rings (SSSR count). The van der Waals surface area contributed by atoms with Gasteiger partial charge in [0.05, 0.1) is 7.11 Å². The number of nitrogens with one attached hydrogen (secondary N) is 2. The molecule has 0 aliphatic rings. The molecule has 1 aromatic heterocycles. The van der Waals surface area contributed by atoms with Crippen molar-refractivity contribution in [2.24, 2.45) is 0 Å². The average molecular weight is 232 g/mol. The fourth-order valence-electron chi connectivity index (χ4n) is 1.96. The second-order valence-corrected chi connectivity index (χ2v) is 4.35. The van der Waals surface area contributed by atoms with Crippen LogP contribution < -0.4 is 10.1 Å². The first kappa shape index (κ1) is 12.0. The van der Waals surface area contributed by atoms with E-state index in [-0.39, 0.29) is 0 Å². The van der Waals surface area contributed by atoms with Crippen LogP contribution in [0.5, 0.6) is 5.75 Å². The largest absolute Gasteiger partial charge is 0.497 e. The Morgan fingerprint density at radius 3 is 2.88 bits per heavy atom. The summed E-state index contributed by atoms with van der Waals surface area (Å²) >= 11 is 0. The van der Waals surface area contributed by atoms with E-state index in [1.54, 1.807) is 7.11 Å². The molecule has 0 aliphatic heterocycles. The van der Waals surface area contributed by atoms with Crippen molar-refractivity contribution in [2.75, 3.05) is 13.7 Å². The maximum absolute atomic E-state index is 5.23. The predicted molar refractivity (Wildman–Crippen MR) is 71.6 cm³/mol. The maximum Gasteiger partial charge on any atom is 0.119 e. The highest BCUT2D eigenvalue weighted by molar-refractivity contribution is 5.82. The van der Waals surface area contributed by atoms with Crippen LogP contribution in [0.25, 0.3) is 10.9 Å². The van der Waals surface area contributed by atoms with Gasteiger partial charge in [-0.05, 0) is 44.2 Å². The van der Waals surface area contributed by atoms with E-state index in [1.807, 2.05) is 6.07 Å². The minimum Gasteiger partial charge on any atom is -0.497 e. The van der Waals surface area contributed by atoms with Gasteiger partial charge in [-0.2, -0.15) is 0 Å². The summed E-state index contributed by atoms with van der Waals surface area (Å²) in [5.74, 6) is 0.900. The lowest BCUT2D eigenvalue weighted by atomic mass is 10.2. The third kappa shape index (κ3) is 2.61. The van der Waals surface area contributed by atoms with Gasteiger partial charge in [0, 0.05) is 22.6 Å². The fourth-order valence-corrected chi connectivity index (χ4v) is 1.96. The van der Waals surface area contributed by atoms with E-state index in [9.17, 15) is 0 Å². The number of methoxy groups -OCH3 is 1. The molecule has 92 valence electrons. The highest BCUT2D eigenvalue weighted by Gasteiger charge is 2.08. The number of H-pyrrole nitrogens is 1. The van der Waals surface area contributed by atoms with Crippen LogP contribution in [-0.4, -0.2) is 18.6 Å². The zero-order chi connectivity index (χ0) is 12.3. The minimum atomic E-state index is 0.355. The molecule has 0 fully saturated rings. The zero-order valence-electron chi connectivity index (χ0n) is 10.7. The molecule has 3 heteroatoms. The van der Waals surface area contributed by atoms with Crippen LogP contribution >= 0.6 is 0 Å². The molecule has 2 aromatic rings. The Morgan fingerprint density at radius 1 is 1.35 bits per heavy atom. The third-order valence-corrected chi connectivity index (χ3v) is 3.02. The Kier molecular flexibility index (Phi) is 3.69. The van der Waals surface area contributed by atoms with Crippen LogP contribution in [0.3, 0.4) is 0 Å². The number of hydrogen-bond donors (Lipinski definition) is 2. The first-order chi connectivity index (χ1) is 8.24. The van der Waals surface area contributed by atoms with Crippen molar-refractivity contribution in [1.82, 2.24) is 10.3 Å². The predicted octanol–water partition coefficient (Wildman–Crippen LogP) is 3.24. The average Bonchev–Trinajstić information content (AvgIpc) is 2.78. The summed E-state index contributed by atoms with van der Waals surface area (Å²) in [6, 6.07) is 8.64. The molecule has 1 heterocycles. The first-order valence-electron chi connectivity index (χ1n) is 6.14. The van der Waals surface area contributed by atoms with Gasteiger partial charge in [0.15, 0.2) is 0 Å². The second-order valence-electron chi connectivity index (χ2n) is 4.35. The summed E-state index contributed by atoms with van der Waals surface area (Å²) < 4.78 is 5.23. The van der Waals surface area contributed by atoms with Crippen molar-refractivity contribution < 1.29 is 4.74 Å². The normalized spacial score (nSPS) is 12.9. The monoisotopic (exact) mass is 232 g/mol. The summed E-state index contributed by atoms with van der Waals surface area (Å²) in [4.78, 5) is 3.44. The standard InChI is InChI=1S/C14H20N2O/c1-4-7-15-10(2)14-9-11-8-12(17-3)5-6-13(11)16-14/h5-6,8-10,15-16H,4,7H2,1-3H3. The summed E-state index contributed by atoms with van der Waals surface area (Å²) in [6.45, 7) is 5.40. The number of fused-ring (bicyclic) bond motifs is 1. The van der Waals surface area contributed by atoms with Crippen molar-refractivity contribution in [3.63, 3.8) is 0 Å². The van der Waals surface area contributed by atoms with Gasteiger partial charge in [0.25, 0.3) is 0 Å². The van der Waals surface area contributed by atoms with Gasteiger partial charge in [0.1, 0.15) is 5.75 Å². The van der Waals surface area contributed by atoms with E-state index in [2.05, 4.69) is 42.3 Å². The van der Waals surface area contributed by atoms with Gasteiger partial charge in [-0.25, -0.2) is 0 Å². The maximum atomic E-state index is 5.23. The molecule has 0 spiro atoms. The molecule has 0 bridgehead atoms. The highest BCUT2D eigenvalue weighted by atomic mass is 16.5. The van der Waals surface area contributed by atoms with Gasteiger partial charge in [-0.15, -0.1) is 0 Å². The quantitative estimate of drug-likeness (QED) is 0.830. The molecule has 1 unspecified atom stereocenters. The van der Waals surface area contributed by atoms with Crippen LogP contribution in [-0.2, 0) is 0 Å². The van der Waals surface area contributed by atoms with E-state index in [0.717, 1.165) is 24.2 Å². The van der Waals surface area contributed by atoms with Gasteiger partial charge in [0.2, 0.25) is 0 Å². The van der Waals surface area contributed by atoms with E-state index >= 15 is 0 Å². The molecule has 0 aliphatic carbocycles. The Balaban J connectivity index is 2.24. The molecule has 0 saturated heterocycles. The smallest absolute Gasteiger partial charge is 0.119 e. The minimum absolute atomic E-state index is 0.355. The molecule has 17 heavy (non-hydrogen) atoms. The summed E-state index contributed by atoms with van der Waals surface area (Å²) in [7, 11) is 1.69. The zero-order valence-corrected chi connectivity index (χ0v) is 10.7. The van der Waals surface area contributed by atoms with Crippen molar-refractivity contribution in [2.45, 2.75) is 26.3 Å². The molecule has 1 aromatic carbocycles. The lowest BCUT2D eigenvalue weighted by Gasteiger charge is -2.10. The first-order valence-corrected chi connectivity index (χ1v) is 6.14. The molecule has 3 nitrogen and oxygen atoms in total. The summed E-state index contributed by atoms with van der Waals surface area (Å²) in [5.41, 5.74) is 2.38. The Hall–Kier alpha value is -1.48. The molecule has 0 radical (unpaired) electrons. The second kappa shape index (κ2) is 5.23. The molecule has 0 amide bonds. The Bertz CT molecular complexity index is 490. The lowest BCUT2D eigenvalue weighted by molar-refractivity contribution is 0.415. The molecular formula is C14H20N2O. The number of benzene rings is 1.